The number of aryl methyl sites for hydroxylation is 1. The van der Waals surface area contributed by atoms with Gasteiger partial charge in [0.25, 0.3) is 0 Å². The number of sulfone groups is 1. The fourth-order valence-corrected chi connectivity index (χ4v) is 3.87. The van der Waals surface area contributed by atoms with E-state index in [9.17, 15) is 12.8 Å². The maximum Gasteiger partial charge on any atom is 0.193 e. The molecule has 0 amide bonds. The third-order valence-electron chi connectivity index (χ3n) is 4.16. The second kappa shape index (κ2) is 11.4. The highest BCUT2D eigenvalue weighted by Gasteiger charge is 2.18. The van der Waals surface area contributed by atoms with Gasteiger partial charge in [-0.2, -0.15) is 0 Å². The van der Waals surface area contributed by atoms with E-state index in [0.29, 0.717) is 19.0 Å². The fraction of sp³-hybridized carbons (Fsp3) is 0.350. The summed E-state index contributed by atoms with van der Waals surface area (Å²) < 4.78 is 38.5. The van der Waals surface area contributed by atoms with Crippen molar-refractivity contribution < 1.29 is 12.8 Å². The van der Waals surface area contributed by atoms with E-state index < -0.39 is 15.7 Å². The second-order valence-electron chi connectivity index (χ2n) is 6.27. The molecular weight excluding hydrogens is 492 g/mol. The predicted octanol–water partition coefficient (Wildman–Crippen LogP) is 3.62. The van der Waals surface area contributed by atoms with E-state index in [1.807, 2.05) is 44.0 Å². The first-order valence-corrected chi connectivity index (χ1v) is 10.5. The normalized spacial score (nSPS) is 11.6. The van der Waals surface area contributed by atoms with Crippen LogP contribution in [0.1, 0.15) is 18.1 Å². The molecule has 0 radical (unpaired) electrons. The fourth-order valence-electron chi connectivity index (χ4n) is 2.67. The standard InChI is InChI=1S/C20H26FN3O2S.HI/c1-4-22-20(24(3)15-17-10-6-5-9-16(17)2)23-13-14-27(25,26)19-12-8-7-11-18(19)21;/h5-12H,4,13-15H2,1-3H3,(H,22,23);1H. The number of benzene rings is 2. The Kier molecular flexibility index (Phi) is 9.88. The Bertz CT molecular complexity index is 904. The van der Waals surface area contributed by atoms with E-state index in [4.69, 9.17) is 0 Å². The second-order valence-corrected chi connectivity index (χ2v) is 8.35. The predicted molar refractivity (Wildman–Crippen MR) is 122 cm³/mol. The van der Waals surface area contributed by atoms with Gasteiger partial charge in [0, 0.05) is 20.1 Å². The molecule has 0 saturated carbocycles. The topological polar surface area (TPSA) is 61.8 Å². The van der Waals surface area contributed by atoms with Gasteiger partial charge in [0.05, 0.1) is 12.3 Å². The van der Waals surface area contributed by atoms with Crippen LogP contribution in [-0.2, 0) is 16.4 Å². The van der Waals surface area contributed by atoms with Crippen molar-refractivity contribution in [3.05, 3.63) is 65.5 Å². The molecule has 0 spiro atoms. The van der Waals surface area contributed by atoms with Gasteiger partial charge in [0.2, 0.25) is 0 Å². The van der Waals surface area contributed by atoms with Crippen LogP contribution in [0.25, 0.3) is 0 Å². The summed E-state index contributed by atoms with van der Waals surface area (Å²) in [5.74, 6) is -0.365. The number of halogens is 2. The van der Waals surface area contributed by atoms with Gasteiger partial charge >= 0.3 is 0 Å². The van der Waals surface area contributed by atoms with Crippen molar-refractivity contribution in [1.82, 2.24) is 10.2 Å². The Morgan fingerprint density at radius 1 is 1.14 bits per heavy atom. The summed E-state index contributed by atoms with van der Waals surface area (Å²) >= 11 is 0. The van der Waals surface area contributed by atoms with Gasteiger partial charge in [-0.15, -0.1) is 24.0 Å². The van der Waals surface area contributed by atoms with Crippen molar-refractivity contribution >= 4 is 39.8 Å². The Labute approximate surface area is 184 Å². The number of rotatable bonds is 7. The number of nitrogens with zero attached hydrogens (tertiary/aromatic N) is 2. The number of nitrogens with one attached hydrogen (secondary N) is 1. The number of hydrogen-bond acceptors (Lipinski definition) is 3. The van der Waals surface area contributed by atoms with E-state index in [1.165, 1.54) is 29.3 Å². The van der Waals surface area contributed by atoms with Gasteiger partial charge in [-0.25, -0.2) is 12.8 Å². The molecule has 2 aromatic rings. The van der Waals surface area contributed by atoms with E-state index in [2.05, 4.69) is 16.4 Å². The monoisotopic (exact) mass is 519 g/mol. The van der Waals surface area contributed by atoms with Crippen LogP contribution in [0.4, 0.5) is 4.39 Å². The summed E-state index contributed by atoms with van der Waals surface area (Å²) in [6.07, 6.45) is 0. The van der Waals surface area contributed by atoms with Crippen LogP contribution < -0.4 is 5.32 Å². The Hall–Kier alpha value is -1.68. The molecule has 2 aromatic carbocycles. The van der Waals surface area contributed by atoms with Crippen molar-refractivity contribution in [3.8, 4) is 0 Å². The van der Waals surface area contributed by atoms with Crippen molar-refractivity contribution in [1.29, 1.82) is 0 Å². The van der Waals surface area contributed by atoms with Crippen molar-refractivity contribution in [2.24, 2.45) is 4.99 Å². The van der Waals surface area contributed by atoms with Crippen molar-refractivity contribution in [3.63, 3.8) is 0 Å². The zero-order valence-electron chi connectivity index (χ0n) is 16.4. The molecule has 154 valence electrons. The molecule has 2 rings (SSSR count). The molecule has 0 saturated heterocycles. The number of aliphatic imine (C=N–C) groups is 1. The molecule has 0 aromatic heterocycles. The van der Waals surface area contributed by atoms with Crippen LogP contribution >= 0.6 is 24.0 Å². The summed E-state index contributed by atoms with van der Waals surface area (Å²) in [5.41, 5.74) is 2.35. The molecule has 8 heteroatoms. The lowest BCUT2D eigenvalue weighted by molar-refractivity contribution is 0.476. The molecular formula is C20H27FIN3O2S. The maximum absolute atomic E-state index is 13.8. The highest BCUT2D eigenvalue weighted by atomic mass is 127. The molecule has 0 heterocycles. The lowest BCUT2D eigenvalue weighted by Gasteiger charge is -2.23. The van der Waals surface area contributed by atoms with Gasteiger partial charge in [0.1, 0.15) is 10.7 Å². The molecule has 0 aliphatic carbocycles. The zero-order chi connectivity index (χ0) is 19.9. The van der Waals surface area contributed by atoms with Gasteiger partial charge in [0.15, 0.2) is 15.8 Å². The maximum atomic E-state index is 13.8. The minimum atomic E-state index is -3.72. The average Bonchev–Trinajstić information content (AvgIpc) is 2.63. The smallest absolute Gasteiger partial charge is 0.193 e. The van der Waals surface area contributed by atoms with Crippen LogP contribution in [0.2, 0.25) is 0 Å². The SMILES string of the molecule is CCNC(=NCCS(=O)(=O)c1ccccc1F)N(C)Cc1ccccc1C.I. The molecule has 5 nitrogen and oxygen atoms in total. The summed E-state index contributed by atoms with van der Waals surface area (Å²) in [4.78, 5) is 6.08. The van der Waals surface area contributed by atoms with E-state index >= 15 is 0 Å². The average molecular weight is 519 g/mol. The molecule has 28 heavy (non-hydrogen) atoms. The molecule has 0 aliphatic heterocycles. The largest absolute Gasteiger partial charge is 0.357 e. The quantitative estimate of drug-likeness (QED) is 0.345. The van der Waals surface area contributed by atoms with E-state index in [-0.39, 0.29) is 41.2 Å². The molecule has 0 atom stereocenters. The third-order valence-corrected chi connectivity index (χ3v) is 5.88. The van der Waals surface area contributed by atoms with Crippen LogP contribution in [0.15, 0.2) is 58.4 Å². The molecule has 0 aliphatic rings. The lowest BCUT2D eigenvalue weighted by atomic mass is 10.1. The minimum Gasteiger partial charge on any atom is -0.357 e. The van der Waals surface area contributed by atoms with Gasteiger partial charge in [-0.1, -0.05) is 36.4 Å². The summed E-state index contributed by atoms with van der Waals surface area (Å²) in [7, 11) is -1.82. The van der Waals surface area contributed by atoms with Crippen LogP contribution in [0.5, 0.6) is 0 Å². The summed E-state index contributed by atoms with van der Waals surface area (Å²) in [5, 5.41) is 3.17. The van der Waals surface area contributed by atoms with Crippen LogP contribution in [-0.4, -0.2) is 45.2 Å². The van der Waals surface area contributed by atoms with Gasteiger partial charge < -0.3 is 10.2 Å². The molecule has 1 N–H and O–H groups in total. The molecule has 0 fully saturated rings. The van der Waals surface area contributed by atoms with E-state index in [1.54, 1.807) is 0 Å². The highest BCUT2D eigenvalue weighted by molar-refractivity contribution is 14.0. The number of guanidine groups is 1. The summed E-state index contributed by atoms with van der Waals surface area (Å²) in [6, 6.07) is 13.5. The first kappa shape index (κ1) is 24.4. The van der Waals surface area contributed by atoms with Crippen LogP contribution in [0, 0.1) is 12.7 Å². The minimum absolute atomic E-state index is 0. The van der Waals surface area contributed by atoms with Crippen molar-refractivity contribution in [2.45, 2.75) is 25.3 Å². The molecule has 0 unspecified atom stereocenters. The number of hydrogen-bond donors (Lipinski definition) is 1. The Balaban J connectivity index is 0.00000392. The van der Waals surface area contributed by atoms with Crippen molar-refractivity contribution in [2.75, 3.05) is 25.9 Å². The Morgan fingerprint density at radius 3 is 2.43 bits per heavy atom. The molecule has 0 bridgehead atoms. The Morgan fingerprint density at radius 2 is 1.79 bits per heavy atom. The highest BCUT2D eigenvalue weighted by Crippen LogP contribution is 2.15. The van der Waals surface area contributed by atoms with Gasteiger partial charge in [-0.3, -0.25) is 4.99 Å². The zero-order valence-corrected chi connectivity index (χ0v) is 19.5. The summed E-state index contributed by atoms with van der Waals surface area (Å²) in [6.45, 7) is 5.37. The van der Waals surface area contributed by atoms with E-state index in [0.717, 1.165) is 6.07 Å². The first-order chi connectivity index (χ1) is 12.8. The third kappa shape index (κ3) is 6.73. The first-order valence-electron chi connectivity index (χ1n) is 8.86. The van der Waals surface area contributed by atoms with Crippen LogP contribution in [0.3, 0.4) is 0 Å². The lowest BCUT2D eigenvalue weighted by Crippen LogP contribution is -2.39. The van der Waals surface area contributed by atoms with Gasteiger partial charge in [-0.05, 0) is 37.1 Å².